The van der Waals surface area contributed by atoms with Gasteiger partial charge in [0.2, 0.25) is 0 Å². The van der Waals surface area contributed by atoms with Crippen LogP contribution in [-0.2, 0) is 21.3 Å². The van der Waals surface area contributed by atoms with Crippen LogP contribution in [0, 0.1) is 40.5 Å². The van der Waals surface area contributed by atoms with E-state index in [0.29, 0.717) is 12.1 Å². The summed E-state index contributed by atoms with van der Waals surface area (Å²) < 4.78 is 123. The molecule has 0 N–H and O–H groups in total. The number of rotatable bonds is 12. The van der Waals surface area contributed by atoms with Gasteiger partial charge in [0, 0.05) is 24.3 Å². The van der Waals surface area contributed by atoms with Gasteiger partial charge in [-0.05, 0) is 12.1 Å². The molecule has 0 aliphatic rings. The Morgan fingerprint density at radius 3 is 1.02 bits per heavy atom. The Labute approximate surface area is 223 Å². The first-order chi connectivity index (χ1) is 19.1. The second-order valence-electron chi connectivity index (χ2n) is 7.76. The Bertz CT molecular complexity index is 1280. The van der Waals surface area contributed by atoms with Crippen LogP contribution in [0.2, 0.25) is 0 Å². The highest BCUT2D eigenvalue weighted by Gasteiger charge is 2.65. The van der Waals surface area contributed by atoms with E-state index in [-0.39, 0.29) is 24.3 Å². The fraction of sp³-hybridized carbons (Fsp3) is 0.316. The number of alkyl halides is 8. The summed E-state index contributed by atoms with van der Waals surface area (Å²) >= 11 is 0. The average Bonchev–Trinajstić information content (AvgIpc) is 2.89. The molecule has 15 nitrogen and oxygen atoms in total. The fourth-order valence-electron chi connectivity index (χ4n) is 3.20. The molecule has 0 aromatic heterocycles. The molecule has 23 heteroatoms. The topological polar surface area (TPSA) is 208 Å². The summed E-state index contributed by atoms with van der Waals surface area (Å²) in [7, 11) is 0. The second kappa shape index (κ2) is 11.3. The SMILES string of the molecule is O=C(OCC(F)(F)C(F)(F)c1c([N+](=O)[O-])cccc1[N+](=O)[O-])OCC(F)(F)C(F)(F)c1c([N+](=O)[O-])cccc1[N+](=O)[O-]. The lowest BCUT2D eigenvalue weighted by Gasteiger charge is -2.27. The summed E-state index contributed by atoms with van der Waals surface area (Å²) in [5, 5.41) is 44.0. The largest absolute Gasteiger partial charge is 0.508 e. The van der Waals surface area contributed by atoms with Crippen LogP contribution in [0.4, 0.5) is 62.7 Å². The lowest BCUT2D eigenvalue weighted by molar-refractivity contribution is -0.400. The van der Waals surface area contributed by atoms with Gasteiger partial charge in [0.25, 0.3) is 22.7 Å². The molecule has 0 amide bonds. The van der Waals surface area contributed by atoms with Gasteiger partial charge in [-0.25, -0.2) is 4.79 Å². The molecule has 42 heavy (non-hydrogen) atoms. The van der Waals surface area contributed by atoms with E-state index in [1.807, 2.05) is 0 Å². The summed E-state index contributed by atoms with van der Waals surface area (Å²) in [5.41, 5.74) is -12.3. The molecule has 0 saturated heterocycles. The molecule has 0 fully saturated rings. The lowest BCUT2D eigenvalue weighted by atomic mass is 9.98. The minimum atomic E-state index is -5.85. The lowest BCUT2D eigenvalue weighted by Crippen LogP contribution is -2.45. The summed E-state index contributed by atoms with van der Waals surface area (Å²) in [5.74, 6) is -23.2. The van der Waals surface area contributed by atoms with Gasteiger partial charge >= 0.3 is 29.8 Å². The third-order valence-electron chi connectivity index (χ3n) is 5.12. The molecule has 0 aliphatic heterocycles. The van der Waals surface area contributed by atoms with Crippen molar-refractivity contribution in [3.8, 4) is 0 Å². The van der Waals surface area contributed by atoms with Crippen molar-refractivity contribution >= 4 is 28.9 Å². The van der Waals surface area contributed by atoms with E-state index in [1.165, 1.54) is 0 Å². The van der Waals surface area contributed by atoms with Crippen LogP contribution in [0.5, 0.6) is 0 Å². The first-order valence-electron chi connectivity index (χ1n) is 10.3. The third-order valence-corrected chi connectivity index (χ3v) is 5.12. The van der Waals surface area contributed by atoms with Crippen molar-refractivity contribution in [2.45, 2.75) is 23.7 Å². The number of nitrogens with zero attached hydrogens (tertiary/aromatic N) is 4. The standard InChI is InChI=1S/C19H10F8N4O11/c20-16(21,18(24,25)13-9(28(33)34)3-1-4-10(13)29(35)36)7-41-15(32)42-8-17(22,23)19(26,27)14-11(30(37)38)5-2-6-12(14)31(39)40/h1-6H,7-8H2. The maximum absolute atomic E-state index is 14.6. The van der Waals surface area contributed by atoms with Gasteiger partial charge in [0.05, 0.1) is 19.7 Å². The Hall–Kier alpha value is -5.25. The normalized spacial score (nSPS) is 12.4. The molecule has 2 rings (SSSR count). The van der Waals surface area contributed by atoms with Crippen molar-refractivity contribution in [1.29, 1.82) is 0 Å². The first-order valence-corrected chi connectivity index (χ1v) is 10.3. The first kappa shape index (κ1) is 33.0. The minimum Gasteiger partial charge on any atom is -0.428 e. The summed E-state index contributed by atoms with van der Waals surface area (Å²) in [4.78, 5) is 48.9. The number of halogens is 8. The van der Waals surface area contributed by atoms with Crippen LogP contribution in [0.1, 0.15) is 11.1 Å². The van der Waals surface area contributed by atoms with Gasteiger partial charge in [-0.2, -0.15) is 35.1 Å². The maximum Gasteiger partial charge on any atom is 0.508 e. The number of nitro benzene ring substituents is 4. The monoisotopic (exact) mass is 622 g/mol. The van der Waals surface area contributed by atoms with Gasteiger partial charge < -0.3 is 9.47 Å². The number of nitro groups is 4. The van der Waals surface area contributed by atoms with Gasteiger partial charge in [0.1, 0.15) is 0 Å². The highest BCUT2D eigenvalue weighted by molar-refractivity contribution is 5.61. The zero-order chi connectivity index (χ0) is 32.4. The van der Waals surface area contributed by atoms with E-state index in [1.54, 1.807) is 0 Å². The Morgan fingerprint density at radius 1 is 0.571 bits per heavy atom. The van der Waals surface area contributed by atoms with Crippen molar-refractivity contribution in [3.63, 3.8) is 0 Å². The third kappa shape index (κ3) is 6.07. The molecule has 0 bridgehead atoms. The molecule has 2 aromatic carbocycles. The summed E-state index contributed by atoms with van der Waals surface area (Å²) in [6.45, 7) is -5.72. The van der Waals surface area contributed by atoms with E-state index >= 15 is 0 Å². The van der Waals surface area contributed by atoms with E-state index in [0.717, 1.165) is 0 Å². The fourth-order valence-corrected chi connectivity index (χ4v) is 3.20. The van der Waals surface area contributed by atoms with Crippen LogP contribution < -0.4 is 0 Å². The van der Waals surface area contributed by atoms with Gasteiger partial charge in [0.15, 0.2) is 24.3 Å². The van der Waals surface area contributed by atoms with E-state index < -0.39 is 96.6 Å². The Kier molecular flexibility index (Phi) is 8.88. The zero-order valence-electron chi connectivity index (χ0n) is 19.7. The smallest absolute Gasteiger partial charge is 0.428 e. The molecule has 0 atom stereocenters. The molecule has 0 radical (unpaired) electrons. The number of carbonyl (C=O) groups is 1. The quantitative estimate of drug-likeness (QED) is 0.123. The number of ether oxygens (including phenoxy) is 2. The van der Waals surface area contributed by atoms with Crippen LogP contribution >= 0.6 is 0 Å². The van der Waals surface area contributed by atoms with Gasteiger partial charge in [-0.15, -0.1) is 0 Å². The number of carbonyl (C=O) groups excluding carboxylic acids is 1. The number of benzene rings is 2. The second-order valence-corrected chi connectivity index (χ2v) is 7.76. The molecule has 0 unspecified atom stereocenters. The van der Waals surface area contributed by atoms with Gasteiger partial charge in [-0.3, -0.25) is 40.5 Å². The zero-order valence-corrected chi connectivity index (χ0v) is 19.7. The van der Waals surface area contributed by atoms with Crippen LogP contribution in [0.3, 0.4) is 0 Å². The number of hydrogen-bond acceptors (Lipinski definition) is 11. The van der Waals surface area contributed by atoms with E-state index in [2.05, 4.69) is 9.47 Å². The summed E-state index contributed by atoms with van der Waals surface area (Å²) in [6.07, 6.45) is -2.75. The highest BCUT2D eigenvalue weighted by Crippen LogP contribution is 2.51. The minimum absolute atomic E-state index is 0.200. The average molecular weight is 622 g/mol. The summed E-state index contributed by atoms with van der Waals surface area (Å²) in [6, 6.07) is 1.82. The van der Waals surface area contributed by atoms with Crippen molar-refractivity contribution in [2.24, 2.45) is 0 Å². The molecule has 0 aliphatic carbocycles. The molecule has 0 saturated carbocycles. The van der Waals surface area contributed by atoms with Crippen LogP contribution in [0.25, 0.3) is 0 Å². The number of hydrogen-bond donors (Lipinski definition) is 0. The molecular weight excluding hydrogens is 612 g/mol. The van der Waals surface area contributed by atoms with Crippen molar-refractivity contribution in [1.82, 2.24) is 0 Å². The van der Waals surface area contributed by atoms with E-state index in [4.69, 9.17) is 0 Å². The molecule has 228 valence electrons. The molecule has 0 heterocycles. The van der Waals surface area contributed by atoms with Crippen LogP contribution in [0.15, 0.2) is 36.4 Å². The molecular formula is C19H10F8N4O11. The Balaban J connectivity index is 2.30. The molecule has 2 aromatic rings. The predicted octanol–water partition coefficient (Wildman–Crippen LogP) is 5.63. The molecule has 0 spiro atoms. The highest BCUT2D eigenvalue weighted by atomic mass is 19.3. The van der Waals surface area contributed by atoms with Crippen molar-refractivity contribution < 1.29 is 69.1 Å². The van der Waals surface area contributed by atoms with Crippen molar-refractivity contribution in [2.75, 3.05) is 13.2 Å². The predicted molar refractivity (Wildman–Crippen MR) is 114 cm³/mol. The van der Waals surface area contributed by atoms with Gasteiger partial charge in [-0.1, -0.05) is 0 Å². The maximum atomic E-state index is 14.6. The van der Waals surface area contributed by atoms with Crippen LogP contribution in [-0.4, -0.2) is 50.9 Å². The Morgan fingerprint density at radius 2 is 0.810 bits per heavy atom. The van der Waals surface area contributed by atoms with E-state index in [9.17, 15) is 80.4 Å². The van der Waals surface area contributed by atoms with Crippen molar-refractivity contribution in [3.05, 3.63) is 88.0 Å².